The molecule has 2 aliphatic carbocycles. The van der Waals surface area contributed by atoms with Crippen LogP contribution in [0.4, 0.5) is 13.2 Å². The van der Waals surface area contributed by atoms with Gasteiger partial charge in [-0.25, -0.2) is 0 Å². The van der Waals surface area contributed by atoms with Crippen LogP contribution in [0.15, 0.2) is 0 Å². The monoisotopic (exact) mass is 295 g/mol. The summed E-state index contributed by atoms with van der Waals surface area (Å²) in [5, 5.41) is 12.1. The van der Waals surface area contributed by atoms with Crippen molar-refractivity contribution in [3.63, 3.8) is 0 Å². The molecule has 0 aromatic carbocycles. The molecule has 7 heteroatoms. The number of halogens is 3. The fourth-order valence-corrected chi connectivity index (χ4v) is 3.47. The molecular formula is C13H20F3NO3. The van der Waals surface area contributed by atoms with Crippen LogP contribution in [0.2, 0.25) is 0 Å². The molecule has 2 rings (SSSR count). The Labute approximate surface area is 115 Å². The van der Waals surface area contributed by atoms with Gasteiger partial charge >= 0.3 is 6.18 Å². The standard InChI is InChI=1S/C13H20F3NO3/c1-7(20-6-13(14,15)16)12(19)17-11-9-3-2-8(4-9)10(11)5-18/h7-11,18H,2-6H2,1H3,(H,17,19). The van der Waals surface area contributed by atoms with Crippen molar-refractivity contribution in [1.82, 2.24) is 5.32 Å². The zero-order valence-corrected chi connectivity index (χ0v) is 11.3. The van der Waals surface area contributed by atoms with Crippen LogP contribution in [-0.4, -0.2) is 42.5 Å². The second-order valence-corrected chi connectivity index (χ2v) is 5.78. The molecule has 116 valence electrons. The van der Waals surface area contributed by atoms with E-state index in [4.69, 9.17) is 0 Å². The fourth-order valence-electron chi connectivity index (χ4n) is 3.47. The van der Waals surface area contributed by atoms with Crippen molar-refractivity contribution in [1.29, 1.82) is 0 Å². The van der Waals surface area contributed by atoms with Gasteiger partial charge in [0.15, 0.2) is 0 Å². The number of aliphatic hydroxyl groups is 1. The number of aliphatic hydroxyl groups excluding tert-OH is 1. The van der Waals surface area contributed by atoms with Crippen molar-refractivity contribution in [2.75, 3.05) is 13.2 Å². The molecule has 2 bridgehead atoms. The first kappa shape index (κ1) is 15.6. The van der Waals surface area contributed by atoms with Gasteiger partial charge in [-0.05, 0) is 38.0 Å². The number of nitrogens with one attached hydrogen (secondary N) is 1. The van der Waals surface area contributed by atoms with E-state index in [2.05, 4.69) is 10.1 Å². The molecule has 2 fully saturated rings. The van der Waals surface area contributed by atoms with Crippen LogP contribution in [0.3, 0.4) is 0 Å². The lowest BCUT2D eigenvalue weighted by Crippen LogP contribution is -2.49. The molecule has 0 aromatic rings. The van der Waals surface area contributed by atoms with E-state index in [0.29, 0.717) is 11.8 Å². The minimum absolute atomic E-state index is 0.00387. The number of hydrogen-bond donors (Lipinski definition) is 2. The second-order valence-electron chi connectivity index (χ2n) is 5.78. The van der Waals surface area contributed by atoms with E-state index in [1.807, 2.05) is 0 Å². The summed E-state index contributed by atoms with van der Waals surface area (Å²) in [5.74, 6) is 0.232. The van der Waals surface area contributed by atoms with Crippen LogP contribution in [-0.2, 0) is 9.53 Å². The van der Waals surface area contributed by atoms with Crippen LogP contribution in [0.1, 0.15) is 26.2 Å². The van der Waals surface area contributed by atoms with E-state index in [0.717, 1.165) is 19.3 Å². The van der Waals surface area contributed by atoms with Crippen molar-refractivity contribution >= 4 is 5.91 Å². The predicted octanol–water partition coefficient (Wildman–Crippen LogP) is 1.48. The zero-order chi connectivity index (χ0) is 14.9. The summed E-state index contributed by atoms with van der Waals surface area (Å²) < 4.78 is 40.6. The number of rotatable bonds is 5. The third kappa shape index (κ3) is 3.44. The van der Waals surface area contributed by atoms with Gasteiger partial charge in [0, 0.05) is 18.6 Å². The zero-order valence-electron chi connectivity index (χ0n) is 11.3. The molecule has 2 saturated carbocycles. The van der Waals surface area contributed by atoms with Crippen LogP contribution < -0.4 is 5.32 Å². The van der Waals surface area contributed by atoms with E-state index in [-0.39, 0.29) is 18.6 Å². The molecule has 2 N–H and O–H groups in total. The van der Waals surface area contributed by atoms with Crippen LogP contribution in [0.5, 0.6) is 0 Å². The van der Waals surface area contributed by atoms with Gasteiger partial charge in [-0.1, -0.05) is 0 Å². The van der Waals surface area contributed by atoms with Crippen molar-refractivity contribution in [2.24, 2.45) is 17.8 Å². The Morgan fingerprint density at radius 1 is 1.40 bits per heavy atom. The summed E-state index contributed by atoms with van der Waals surface area (Å²) >= 11 is 0. The highest BCUT2D eigenvalue weighted by Gasteiger charge is 2.48. The van der Waals surface area contributed by atoms with Gasteiger partial charge in [-0.2, -0.15) is 13.2 Å². The molecule has 1 amide bonds. The molecule has 0 heterocycles. The molecule has 5 unspecified atom stereocenters. The van der Waals surface area contributed by atoms with Gasteiger partial charge in [-0.3, -0.25) is 4.79 Å². The third-order valence-corrected chi connectivity index (χ3v) is 4.47. The lowest BCUT2D eigenvalue weighted by Gasteiger charge is -2.31. The molecule has 20 heavy (non-hydrogen) atoms. The molecule has 0 aliphatic heterocycles. The topological polar surface area (TPSA) is 58.6 Å². The normalized spacial score (nSPS) is 34.2. The van der Waals surface area contributed by atoms with E-state index in [9.17, 15) is 23.1 Å². The van der Waals surface area contributed by atoms with Crippen molar-refractivity contribution in [3.8, 4) is 0 Å². The molecule has 0 radical (unpaired) electrons. The van der Waals surface area contributed by atoms with Gasteiger partial charge in [0.05, 0.1) is 0 Å². The van der Waals surface area contributed by atoms with Crippen LogP contribution in [0, 0.1) is 17.8 Å². The number of amides is 1. The Morgan fingerprint density at radius 2 is 2.05 bits per heavy atom. The van der Waals surface area contributed by atoms with Crippen molar-refractivity contribution in [3.05, 3.63) is 0 Å². The molecule has 2 aliphatic rings. The molecule has 0 aromatic heterocycles. The first-order chi connectivity index (χ1) is 9.31. The van der Waals surface area contributed by atoms with Gasteiger partial charge < -0.3 is 15.2 Å². The Hall–Kier alpha value is -0.820. The molecule has 5 atom stereocenters. The number of alkyl halides is 3. The summed E-state index contributed by atoms with van der Waals surface area (Å²) in [6.45, 7) is -0.117. The van der Waals surface area contributed by atoms with E-state index >= 15 is 0 Å². The first-order valence-electron chi connectivity index (χ1n) is 6.91. The average Bonchev–Trinajstić information content (AvgIpc) is 2.95. The van der Waals surface area contributed by atoms with Gasteiger partial charge in [0.1, 0.15) is 12.7 Å². The smallest absolute Gasteiger partial charge is 0.396 e. The quantitative estimate of drug-likeness (QED) is 0.807. The SMILES string of the molecule is CC(OCC(F)(F)F)C(=O)NC1C2CCC(C2)C1CO. The predicted molar refractivity (Wildman–Crippen MR) is 64.8 cm³/mol. The maximum absolute atomic E-state index is 12.0. The first-order valence-corrected chi connectivity index (χ1v) is 6.91. The minimum Gasteiger partial charge on any atom is -0.396 e. The minimum atomic E-state index is -4.44. The molecule has 0 spiro atoms. The largest absolute Gasteiger partial charge is 0.411 e. The van der Waals surface area contributed by atoms with Crippen LogP contribution in [0.25, 0.3) is 0 Å². The Balaban J connectivity index is 1.84. The summed E-state index contributed by atoms with van der Waals surface area (Å²) in [6, 6.07) is -0.136. The number of carbonyl (C=O) groups is 1. The fraction of sp³-hybridized carbons (Fsp3) is 0.923. The lowest BCUT2D eigenvalue weighted by molar-refractivity contribution is -0.186. The van der Waals surface area contributed by atoms with Gasteiger partial charge in [-0.15, -0.1) is 0 Å². The number of carbonyl (C=O) groups excluding carboxylic acids is 1. The third-order valence-electron chi connectivity index (χ3n) is 4.47. The number of ether oxygens (including phenoxy) is 1. The lowest BCUT2D eigenvalue weighted by atomic mass is 9.85. The number of hydrogen-bond acceptors (Lipinski definition) is 3. The maximum Gasteiger partial charge on any atom is 0.411 e. The van der Waals surface area contributed by atoms with E-state index in [1.165, 1.54) is 6.92 Å². The van der Waals surface area contributed by atoms with Crippen molar-refractivity contribution in [2.45, 2.75) is 44.5 Å². The van der Waals surface area contributed by atoms with Crippen LogP contribution >= 0.6 is 0 Å². The maximum atomic E-state index is 12.0. The Morgan fingerprint density at radius 3 is 2.65 bits per heavy atom. The number of fused-ring (bicyclic) bond motifs is 2. The van der Waals surface area contributed by atoms with E-state index < -0.39 is 24.8 Å². The summed E-state index contributed by atoms with van der Waals surface area (Å²) in [7, 11) is 0. The summed E-state index contributed by atoms with van der Waals surface area (Å²) in [4.78, 5) is 11.9. The van der Waals surface area contributed by atoms with E-state index in [1.54, 1.807) is 0 Å². The second kappa shape index (κ2) is 5.89. The van der Waals surface area contributed by atoms with Gasteiger partial charge in [0.2, 0.25) is 5.91 Å². The van der Waals surface area contributed by atoms with Crippen molar-refractivity contribution < 1.29 is 27.8 Å². The highest BCUT2D eigenvalue weighted by Crippen LogP contribution is 2.48. The molecule has 0 saturated heterocycles. The molecule has 4 nitrogen and oxygen atoms in total. The molecular weight excluding hydrogens is 275 g/mol. The Kier molecular flexibility index (Phi) is 4.59. The highest BCUT2D eigenvalue weighted by molar-refractivity contribution is 5.80. The van der Waals surface area contributed by atoms with Gasteiger partial charge in [0.25, 0.3) is 0 Å². The Bertz CT molecular complexity index is 361. The summed E-state index contributed by atoms with van der Waals surface area (Å²) in [5.41, 5.74) is 0. The summed E-state index contributed by atoms with van der Waals surface area (Å²) in [6.07, 6.45) is -2.54. The average molecular weight is 295 g/mol. The highest BCUT2D eigenvalue weighted by atomic mass is 19.4.